The van der Waals surface area contributed by atoms with Gasteiger partial charge in [0, 0.05) is 11.6 Å². The average molecular weight is 282 g/mol. The molecule has 1 aromatic carbocycles. The number of nitrogens with one attached hydrogen (secondary N) is 1. The zero-order chi connectivity index (χ0) is 14.8. The quantitative estimate of drug-likeness (QED) is 0.766. The fourth-order valence-electron chi connectivity index (χ4n) is 2.27. The molecule has 0 aliphatic rings. The zero-order valence-electron chi connectivity index (χ0n) is 11.5. The molecule has 0 bridgehead atoms. The van der Waals surface area contributed by atoms with E-state index in [-0.39, 0.29) is 5.56 Å². The third-order valence-corrected chi connectivity index (χ3v) is 3.30. The van der Waals surface area contributed by atoms with Crippen molar-refractivity contribution in [1.29, 1.82) is 0 Å². The Morgan fingerprint density at radius 2 is 2.14 bits per heavy atom. The van der Waals surface area contributed by atoms with Crippen LogP contribution in [-0.4, -0.2) is 16.1 Å². The number of aryl methyl sites for hydroxylation is 1. The largest absolute Gasteiger partial charge is 0.478 e. The third kappa shape index (κ3) is 2.58. The number of anilines is 1. The Morgan fingerprint density at radius 3 is 2.90 bits per heavy atom. The molecular weight excluding hydrogens is 268 g/mol. The van der Waals surface area contributed by atoms with Crippen LogP contribution in [0.4, 0.5) is 5.82 Å². The lowest BCUT2D eigenvalue weighted by Crippen LogP contribution is -2.01. The number of nitrogens with zero attached hydrogens (tertiary/aromatic N) is 1. The Hall–Kier alpha value is -2.82. The first-order chi connectivity index (χ1) is 10.1. The molecule has 5 heteroatoms. The van der Waals surface area contributed by atoms with E-state index in [0.29, 0.717) is 18.1 Å². The van der Waals surface area contributed by atoms with Gasteiger partial charge in [0.1, 0.15) is 22.9 Å². The van der Waals surface area contributed by atoms with Gasteiger partial charge < -0.3 is 14.8 Å². The van der Waals surface area contributed by atoms with Crippen molar-refractivity contribution in [2.75, 3.05) is 5.32 Å². The van der Waals surface area contributed by atoms with Crippen LogP contribution in [0.3, 0.4) is 0 Å². The van der Waals surface area contributed by atoms with Gasteiger partial charge in [0.25, 0.3) is 0 Å². The van der Waals surface area contributed by atoms with Crippen LogP contribution >= 0.6 is 0 Å². The van der Waals surface area contributed by atoms with Crippen molar-refractivity contribution in [3.63, 3.8) is 0 Å². The second kappa shape index (κ2) is 5.28. The summed E-state index contributed by atoms with van der Waals surface area (Å²) in [6.07, 6.45) is 1.74. The van der Waals surface area contributed by atoms with E-state index in [2.05, 4.69) is 10.3 Å². The molecule has 0 saturated heterocycles. The first-order valence-electron chi connectivity index (χ1n) is 6.55. The molecule has 2 heterocycles. The standard InChI is InChI=1S/C16H14N2O3/c1-10-14(16(19)20)8-12(21-10)9-18-15-13-5-3-2-4-11(13)6-7-17-15/h2-8H,9H2,1H3,(H,17,18)(H,19,20). The van der Waals surface area contributed by atoms with Crippen LogP contribution in [0.15, 0.2) is 47.0 Å². The highest BCUT2D eigenvalue weighted by atomic mass is 16.4. The van der Waals surface area contributed by atoms with Gasteiger partial charge in [-0.15, -0.1) is 0 Å². The SMILES string of the molecule is Cc1oc(CNc2nccc3ccccc23)cc1C(=O)O. The van der Waals surface area contributed by atoms with E-state index in [4.69, 9.17) is 9.52 Å². The molecule has 0 unspecified atom stereocenters. The van der Waals surface area contributed by atoms with Crippen LogP contribution in [0.2, 0.25) is 0 Å². The molecule has 0 amide bonds. The molecule has 0 aliphatic carbocycles. The van der Waals surface area contributed by atoms with Gasteiger partial charge in [-0.25, -0.2) is 9.78 Å². The fourth-order valence-corrected chi connectivity index (χ4v) is 2.27. The minimum absolute atomic E-state index is 0.192. The fraction of sp³-hybridized carbons (Fsp3) is 0.125. The maximum atomic E-state index is 11.0. The van der Waals surface area contributed by atoms with Gasteiger partial charge in [-0.2, -0.15) is 0 Å². The number of benzene rings is 1. The Morgan fingerprint density at radius 1 is 1.33 bits per heavy atom. The van der Waals surface area contributed by atoms with E-state index in [1.165, 1.54) is 6.07 Å². The lowest BCUT2D eigenvalue weighted by atomic mass is 10.1. The van der Waals surface area contributed by atoms with Crippen LogP contribution in [0.5, 0.6) is 0 Å². The predicted octanol–water partition coefficient (Wildman–Crippen LogP) is 3.45. The van der Waals surface area contributed by atoms with Crippen molar-refractivity contribution in [3.8, 4) is 0 Å². The highest BCUT2D eigenvalue weighted by Gasteiger charge is 2.13. The second-order valence-electron chi connectivity index (χ2n) is 4.72. The number of hydrogen-bond acceptors (Lipinski definition) is 4. The van der Waals surface area contributed by atoms with E-state index in [0.717, 1.165) is 16.6 Å². The van der Waals surface area contributed by atoms with E-state index >= 15 is 0 Å². The van der Waals surface area contributed by atoms with Crippen molar-refractivity contribution in [2.24, 2.45) is 0 Å². The van der Waals surface area contributed by atoms with Gasteiger partial charge in [-0.05, 0) is 24.4 Å². The molecule has 0 radical (unpaired) electrons. The van der Waals surface area contributed by atoms with Gasteiger partial charge in [0.05, 0.1) is 6.54 Å². The Bertz CT molecular complexity index is 803. The summed E-state index contributed by atoms with van der Waals surface area (Å²) in [4.78, 5) is 15.3. The van der Waals surface area contributed by atoms with Gasteiger partial charge in [-0.3, -0.25) is 0 Å². The monoisotopic (exact) mass is 282 g/mol. The molecule has 0 atom stereocenters. The van der Waals surface area contributed by atoms with Crippen LogP contribution in [0.25, 0.3) is 10.8 Å². The third-order valence-electron chi connectivity index (χ3n) is 3.30. The van der Waals surface area contributed by atoms with Crippen molar-refractivity contribution < 1.29 is 14.3 Å². The van der Waals surface area contributed by atoms with E-state index in [1.807, 2.05) is 30.3 Å². The normalized spacial score (nSPS) is 10.7. The van der Waals surface area contributed by atoms with E-state index < -0.39 is 5.97 Å². The number of pyridine rings is 1. The highest BCUT2D eigenvalue weighted by molar-refractivity contribution is 5.91. The van der Waals surface area contributed by atoms with Gasteiger partial charge in [0.15, 0.2) is 0 Å². The molecule has 0 fully saturated rings. The molecule has 3 aromatic rings. The summed E-state index contributed by atoms with van der Waals surface area (Å²) >= 11 is 0. The smallest absolute Gasteiger partial charge is 0.339 e. The number of aromatic carboxylic acids is 1. The first kappa shape index (κ1) is 13.2. The van der Waals surface area contributed by atoms with Crippen LogP contribution in [0.1, 0.15) is 21.9 Å². The predicted molar refractivity (Wildman–Crippen MR) is 79.5 cm³/mol. The molecule has 0 spiro atoms. The Balaban J connectivity index is 1.84. The number of fused-ring (bicyclic) bond motifs is 1. The summed E-state index contributed by atoms with van der Waals surface area (Å²) in [7, 11) is 0. The molecular formula is C16H14N2O3. The molecule has 0 saturated carbocycles. The molecule has 2 aromatic heterocycles. The summed E-state index contributed by atoms with van der Waals surface area (Å²) < 4.78 is 5.44. The van der Waals surface area contributed by atoms with Crippen LogP contribution < -0.4 is 5.32 Å². The number of carboxylic acids is 1. The van der Waals surface area contributed by atoms with Crippen molar-refractivity contribution >= 4 is 22.6 Å². The summed E-state index contributed by atoms with van der Waals surface area (Å²) in [6.45, 7) is 2.03. The molecule has 2 N–H and O–H groups in total. The number of aromatic nitrogens is 1. The molecule has 21 heavy (non-hydrogen) atoms. The molecule has 0 aliphatic heterocycles. The van der Waals surface area contributed by atoms with E-state index in [9.17, 15) is 4.79 Å². The number of rotatable bonds is 4. The Kier molecular flexibility index (Phi) is 3.31. The average Bonchev–Trinajstić information content (AvgIpc) is 2.86. The van der Waals surface area contributed by atoms with Gasteiger partial charge >= 0.3 is 5.97 Å². The second-order valence-corrected chi connectivity index (χ2v) is 4.72. The van der Waals surface area contributed by atoms with Crippen molar-refractivity contribution in [2.45, 2.75) is 13.5 Å². The number of hydrogen-bond donors (Lipinski definition) is 2. The highest BCUT2D eigenvalue weighted by Crippen LogP contribution is 2.22. The minimum atomic E-state index is -0.981. The minimum Gasteiger partial charge on any atom is -0.478 e. The summed E-state index contributed by atoms with van der Waals surface area (Å²) in [5.41, 5.74) is 0.192. The molecule has 106 valence electrons. The molecule has 5 nitrogen and oxygen atoms in total. The van der Waals surface area contributed by atoms with Crippen LogP contribution in [0, 0.1) is 6.92 Å². The van der Waals surface area contributed by atoms with Crippen molar-refractivity contribution in [1.82, 2.24) is 4.98 Å². The summed E-state index contributed by atoms with van der Waals surface area (Å²) in [5, 5.41) is 14.3. The zero-order valence-corrected chi connectivity index (χ0v) is 11.5. The Labute approximate surface area is 121 Å². The maximum absolute atomic E-state index is 11.0. The number of carboxylic acid groups (broad SMARTS) is 1. The number of carbonyl (C=O) groups is 1. The summed E-state index contributed by atoms with van der Waals surface area (Å²) in [6, 6.07) is 11.4. The lowest BCUT2D eigenvalue weighted by Gasteiger charge is -2.07. The maximum Gasteiger partial charge on any atom is 0.339 e. The number of furan rings is 1. The lowest BCUT2D eigenvalue weighted by molar-refractivity contribution is 0.0695. The van der Waals surface area contributed by atoms with Gasteiger partial charge in [-0.1, -0.05) is 24.3 Å². The van der Waals surface area contributed by atoms with Crippen LogP contribution in [-0.2, 0) is 6.54 Å². The van der Waals surface area contributed by atoms with Gasteiger partial charge in [0.2, 0.25) is 0 Å². The van der Waals surface area contributed by atoms with E-state index in [1.54, 1.807) is 13.1 Å². The topological polar surface area (TPSA) is 75.4 Å². The summed E-state index contributed by atoms with van der Waals surface area (Å²) in [5.74, 6) is 0.745. The molecule has 3 rings (SSSR count). The van der Waals surface area contributed by atoms with Crippen molar-refractivity contribution in [3.05, 3.63) is 59.7 Å². The first-order valence-corrected chi connectivity index (χ1v) is 6.55.